The second kappa shape index (κ2) is 12.5. The Morgan fingerprint density at radius 3 is 2.49 bits per heavy atom. The lowest BCUT2D eigenvalue weighted by Gasteiger charge is -2.39. The average molecular weight is 511 g/mol. The molecule has 0 aromatic heterocycles. The second-order valence-corrected chi connectivity index (χ2v) is 10.8. The molecule has 2 unspecified atom stereocenters. The van der Waals surface area contributed by atoms with Crippen LogP contribution in [0.1, 0.15) is 70.8 Å². The van der Waals surface area contributed by atoms with Crippen molar-refractivity contribution in [3.05, 3.63) is 35.9 Å². The first-order valence-corrected chi connectivity index (χ1v) is 13.9. The zero-order valence-electron chi connectivity index (χ0n) is 22.3. The van der Waals surface area contributed by atoms with Crippen LogP contribution in [0.25, 0.3) is 6.08 Å². The topological polar surface area (TPSA) is 91.0 Å². The minimum absolute atomic E-state index is 0.0365. The van der Waals surface area contributed by atoms with Gasteiger partial charge in [-0.05, 0) is 63.5 Å². The van der Waals surface area contributed by atoms with E-state index in [1.165, 1.54) is 0 Å². The van der Waals surface area contributed by atoms with Gasteiger partial charge in [0.05, 0.1) is 12.6 Å². The highest BCUT2D eigenvalue weighted by molar-refractivity contribution is 5.92. The Morgan fingerprint density at radius 2 is 1.78 bits per heavy atom. The first kappa shape index (κ1) is 27.0. The lowest BCUT2D eigenvalue weighted by Crippen LogP contribution is -2.44. The number of carbonyl (C=O) groups is 3. The molecular weight excluding hydrogens is 468 g/mol. The number of hydrogen-bond donors (Lipinski definition) is 2. The third-order valence-electron chi connectivity index (χ3n) is 8.24. The van der Waals surface area contributed by atoms with Crippen LogP contribution in [0.4, 0.5) is 4.79 Å². The van der Waals surface area contributed by atoms with Crippen molar-refractivity contribution in [1.82, 2.24) is 20.4 Å². The Labute approximate surface area is 220 Å². The largest absolute Gasteiger partial charge is 0.493 e. The van der Waals surface area contributed by atoms with Crippen LogP contribution < -0.4 is 15.4 Å². The third-order valence-corrected chi connectivity index (χ3v) is 8.24. The summed E-state index contributed by atoms with van der Waals surface area (Å²) in [4.78, 5) is 41.0. The third kappa shape index (κ3) is 7.05. The molecule has 3 aliphatic heterocycles. The Morgan fingerprint density at radius 1 is 1.05 bits per heavy atom. The van der Waals surface area contributed by atoms with Gasteiger partial charge in [0.1, 0.15) is 5.75 Å². The molecule has 8 heteroatoms. The predicted molar refractivity (Wildman–Crippen MR) is 144 cm³/mol. The van der Waals surface area contributed by atoms with Crippen molar-refractivity contribution in [2.24, 2.45) is 5.41 Å². The van der Waals surface area contributed by atoms with Crippen LogP contribution in [0.2, 0.25) is 0 Å². The Balaban J connectivity index is 1.16. The first-order chi connectivity index (χ1) is 17.9. The van der Waals surface area contributed by atoms with Crippen molar-refractivity contribution in [3.8, 4) is 5.75 Å². The molecule has 0 radical (unpaired) electrons. The van der Waals surface area contributed by atoms with E-state index in [0.29, 0.717) is 13.0 Å². The highest BCUT2D eigenvalue weighted by Gasteiger charge is 2.42. The van der Waals surface area contributed by atoms with Gasteiger partial charge in [0.15, 0.2) is 0 Å². The van der Waals surface area contributed by atoms with E-state index in [0.717, 1.165) is 82.4 Å². The number of nitrogens with one attached hydrogen (secondary N) is 2. The maximum Gasteiger partial charge on any atom is 0.315 e. The molecule has 2 N–H and O–H groups in total. The fraction of sp³-hybridized carbons (Fsp3) is 0.621. The van der Waals surface area contributed by atoms with E-state index in [4.69, 9.17) is 4.74 Å². The summed E-state index contributed by atoms with van der Waals surface area (Å²) in [6.45, 7) is 7.69. The van der Waals surface area contributed by atoms with Crippen LogP contribution in [0, 0.1) is 5.41 Å². The Bertz CT molecular complexity index is 986. The van der Waals surface area contributed by atoms with Crippen molar-refractivity contribution >= 4 is 23.9 Å². The number of para-hydroxylation sites is 1. The standard InChI is InChI=1S/C29H42N4O4/c1-3-37-25-11-8-7-9-23(25)13-14-27(35)32-18-15-29(16-19-32)17-20-33(21-29)26(34)12-6-4-5-10-24-22(2)30-28(36)31-24/h7-9,11,13-14,22,24H,3-6,10,12,15-21H2,1-2H3,(H2,30,31,36). The van der Waals surface area contributed by atoms with E-state index in [9.17, 15) is 14.4 Å². The first-order valence-electron chi connectivity index (χ1n) is 13.9. The van der Waals surface area contributed by atoms with Gasteiger partial charge < -0.3 is 25.2 Å². The van der Waals surface area contributed by atoms with E-state index in [-0.39, 0.29) is 35.3 Å². The normalized spacial score (nSPS) is 22.9. The van der Waals surface area contributed by atoms with Gasteiger partial charge in [-0.15, -0.1) is 0 Å². The SMILES string of the molecule is CCOc1ccccc1C=CC(=O)N1CCC2(CC1)CCN(C(=O)CCCCCC1NC(=O)NC1C)C2. The molecule has 3 aliphatic rings. The van der Waals surface area contributed by atoms with Gasteiger partial charge >= 0.3 is 6.03 Å². The highest BCUT2D eigenvalue weighted by Crippen LogP contribution is 2.40. The summed E-state index contributed by atoms with van der Waals surface area (Å²) in [5.74, 6) is 1.08. The molecule has 3 fully saturated rings. The van der Waals surface area contributed by atoms with Crippen LogP contribution >= 0.6 is 0 Å². The summed E-state index contributed by atoms with van der Waals surface area (Å²) >= 11 is 0. The minimum Gasteiger partial charge on any atom is -0.493 e. The van der Waals surface area contributed by atoms with Gasteiger partial charge in [0.25, 0.3) is 0 Å². The highest BCUT2D eigenvalue weighted by atomic mass is 16.5. The summed E-state index contributed by atoms with van der Waals surface area (Å²) in [6, 6.07) is 8.04. The molecule has 4 amide bonds. The molecule has 0 saturated carbocycles. The number of carbonyl (C=O) groups excluding carboxylic acids is 3. The van der Waals surface area contributed by atoms with E-state index < -0.39 is 0 Å². The molecule has 3 saturated heterocycles. The summed E-state index contributed by atoms with van der Waals surface area (Å²) in [5, 5.41) is 5.83. The number of benzene rings is 1. The molecule has 8 nitrogen and oxygen atoms in total. The van der Waals surface area contributed by atoms with E-state index >= 15 is 0 Å². The van der Waals surface area contributed by atoms with E-state index in [1.54, 1.807) is 6.08 Å². The molecule has 202 valence electrons. The molecule has 0 bridgehead atoms. The van der Waals surface area contributed by atoms with Gasteiger partial charge in [-0.25, -0.2) is 4.79 Å². The summed E-state index contributed by atoms with van der Waals surface area (Å²) < 4.78 is 5.65. The Hall–Kier alpha value is -3.03. The number of hydrogen-bond acceptors (Lipinski definition) is 4. The molecule has 4 rings (SSSR count). The Kier molecular flexibility index (Phi) is 9.11. The number of ether oxygens (including phenoxy) is 1. The molecule has 37 heavy (non-hydrogen) atoms. The van der Waals surface area contributed by atoms with Gasteiger partial charge in [-0.3, -0.25) is 9.59 Å². The summed E-state index contributed by atoms with van der Waals surface area (Å²) in [5.41, 5.74) is 1.06. The summed E-state index contributed by atoms with van der Waals surface area (Å²) in [7, 11) is 0. The lowest BCUT2D eigenvalue weighted by atomic mass is 9.78. The van der Waals surface area contributed by atoms with Crippen molar-refractivity contribution in [3.63, 3.8) is 0 Å². The second-order valence-electron chi connectivity index (χ2n) is 10.8. The quantitative estimate of drug-likeness (QED) is 0.368. The molecular formula is C29H42N4O4. The van der Waals surface area contributed by atoms with Crippen molar-refractivity contribution in [1.29, 1.82) is 0 Å². The zero-order chi connectivity index (χ0) is 26.3. The zero-order valence-corrected chi connectivity index (χ0v) is 22.3. The monoisotopic (exact) mass is 510 g/mol. The molecule has 1 spiro atoms. The van der Waals surface area contributed by atoms with Crippen molar-refractivity contribution in [2.45, 2.75) is 77.3 Å². The van der Waals surface area contributed by atoms with E-state index in [1.807, 2.05) is 54.0 Å². The lowest BCUT2D eigenvalue weighted by molar-refractivity contribution is -0.132. The van der Waals surface area contributed by atoms with Crippen LogP contribution in [-0.2, 0) is 9.59 Å². The number of piperidine rings is 1. The van der Waals surface area contributed by atoms with Crippen molar-refractivity contribution < 1.29 is 19.1 Å². The fourth-order valence-corrected chi connectivity index (χ4v) is 5.87. The van der Waals surface area contributed by atoms with Gasteiger partial charge in [0.2, 0.25) is 11.8 Å². The smallest absolute Gasteiger partial charge is 0.315 e. The molecule has 0 aliphatic carbocycles. The van der Waals surface area contributed by atoms with Crippen molar-refractivity contribution in [2.75, 3.05) is 32.8 Å². The molecule has 1 aromatic carbocycles. The molecule has 3 heterocycles. The number of amides is 4. The number of unbranched alkanes of at least 4 members (excludes halogenated alkanes) is 2. The minimum atomic E-state index is -0.0782. The summed E-state index contributed by atoms with van der Waals surface area (Å²) in [6.07, 6.45) is 10.9. The fourth-order valence-electron chi connectivity index (χ4n) is 5.87. The van der Waals surface area contributed by atoms with Crippen LogP contribution in [0.5, 0.6) is 5.75 Å². The molecule has 2 atom stereocenters. The average Bonchev–Trinajstić information content (AvgIpc) is 3.45. The number of nitrogens with zero attached hydrogens (tertiary/aromatic N) is 2. The number of likely N-dealkylation sites (tertiary alicyclic amines) is 2. The molecule has 1 aromatic rings. The maximum absolute atomic E-state index is 12.8. The predicted octanol–water partition coefficient (Wildman–Crippen LogP) is 3.96. The van der Waals surface area contributed by atoms with Gasteiger partial charge in [-0.1, -0.05) is 31.0 Å². The van der Waals surface area contributed by atoms with E-state index in [2.05, 4.69) is 10.6 Å². The number of rotatable bonds is 10. The maximum atomic E-state index is 12.8. The van der Waals surface area contributed by atoms with Crippen LogP contribution in [-0.4, -0.2) is 72.5 Å². The van der Waals surface area contributed by atoms with Gasteiger partial charge in [0, 0.05) is 50.3 Å². The number of urea groups is 1. The van der Waals surface area contributed by atoms with Crippen LogP contribution in [0.15, 0.2) is 30.3 Å². The van der Waals surface area contributed by atoms with Crippen LogP contribution in [0.3, 0.4) is 0 Å². The van der Waals surface area contributed by atoms with Gasteiger partial charge in [-0.2, -0.15) is 0 Å².